The molecule has 0 spiro atoms. The van der Waals surface area contributed by atoms with Gasteiger partial charge in [0.05, 0.1) is 0 Å². The summed E-state index contributed by atoms with van der Waals surface area (Å²) in [6.45, 7) is 8.19. The Morgan fingerprint density at radius 1 is 1.44 bits per heavy atom. The standard InChI is InChI=1S/C15H26N2S/c1-15(2,11-16-13-6-7-13)12-17(3)9-8-14-5-4-10-18-14/h4-5,10,13,16H,6-9,11-12H2,1-3H3. The predicted octanol–water partition coefficient (Wildman–Crippen LogP) is 3.00. The van der Waals surface area contributed by atoms with E-state index >= 15 is 0 Å². The molecule has 0 amide bonds. The van der Waals surface area contributed by atoms with Crippen molar-refractivity contribution in [2.45, 2.75) is 39.2 Å². The fourth-order valence-corrected chi connectivity index (χ4v) is 3.03. The van der Waals surface area contributed by atoms with Crippen molar-refractivity contribution in [3.05, 3.63) is 22.4 Å². The van der Waals surface area contributed by atoms with E-state index in [1.54, 1.807) is 0 Å². The molecule has 0 saturated heterocycles. The van der Waals surface area contributed by atoms with Gasteiger partial charge in [0.2, 0.25) is 0 Å². The van der Waals surface area contributed by atoms with Crippen LogP contribution in [0.3, 0.4) is 0 Å². The second-order valence-corrected chi connectivity index (χ2v) is 7.42. The number of thiophene rings is 1. The molecule has 0 bridgehead atoms. The van der Waals surface area contributed by atoms with Gasteiger partial charge in [0.1, 0.15) is 0 Å². The molecular formula is C15H26N2S. The van der Waals surface area contributed by atoms with Gasteiger partial charge in [0.25, 0.3) is 0 Å². The van der Waals surface area contributed by atoms with Crippen LogP contribution in [0.25, 0.3) is 0 Å². The summed E-state index contributed by atoms with van der Waals surface area (Å²) in [7, 11) is 2.24. The zero-order chi connectivity index (χ0) is 13.0. The van der Waals surface area contributed by atoms with Gasteiger partial charge in [-0.2, -0.15) is 0 Å². The summed E-state index contributed by atoms with van der Waals surface area (Å²) in [6, 6.07) is 5.20. The summed E-state index contributed by atoms with van der Waals surface area (Å²) in [5.41, 5.74) is 0.368. The number of nitrogens with one attached hydrogen (secondary N) is 1. The lowest BCUT2D eigenvalue weighted by molar-refractivity contribution is 0.205. The van der Waals surface area contributed by atoms with Crippen molar-refractivity contribution in [2.75, 3.05) is 26.7 Å². The minimum atomic E-state index is 0.368. The van der Waals surface area contributed by atoms with Crippen molar-refractivity contribution < 1.29 is 0 Å². The topological polar surface area (TPSA) is 15.3 Å². The normalized spacial score (nSPS) is 16.4. The van der Waals surface area contributed by atoms with E-state index in [-0.39, 0.29) is 0 Å². The predicted molar refractivity (Wildman–Crippen MR) is 80.3 cm³/mol. The first-order valence-electron chi connectivity index (χ1n) is 6.99. The van der Waals surface area contributed by atoms with Gasteiger partial charge < -0.3 is 10.2 Å². The Labute approximate surface area is 115 Å². The highest BCUT2D eigenvalue weighted by Gasteiger charge is 2.25. The molecule has 1 heterocycles. The quantitative estimate of drug-likeness (QED) is 0.778. The molecule has 3 heteroatoms. The number of hydrogen-bond acceptors (Lipinski definition) is 3. The average molecular weight is 266 g/mol. The molecule has 1 aliphatic rings. The van der Waals surface area contributed by atoms with E-state index in [0.717, 1.165) is 25.7 Å². The fourth-order valence-electron chi connectivity index (χ4n) is 2.33. The first kappa shape index (κ1) is 14.0. The summed E-state index contributed by atoms with van der Waals surface area (Å²) in [5, 5.41) is 5.81. The van der Waals surface area contributed by atoms with Gasteiger partial charge in [-0.25, -0.2) is 0 Å². The zero-order valence-corrected chi connectivity index (χ0v) is 12.7. The lowest BCUT2D eigenvalue weighted by Crippen LogP contribution is -2.40. The minimum Gasteiger partial charge on any atom is -0.313 e. The van der Waals surface area contributed by atoms with E-state index < -0.39 is 0 Å². The second-order valence-electron chi connectivity index (χ2n) is 6.39. The van der Waals surface area contributed by atoms with Crippen LogP contribution in [0, 0.1) is 5.41 Å². The Hall–Kier alpha value is -0.380. The van der Waals surface area contributed by atoms with Crippen LogP contribution in [-0.2, 0) is 6.42 Å². The van der Waals surface area contributed by atoms with Gasteiger partial charge in [0.15, 0.2) is 0 Å². The first-order chi connectivity index (χ1) is 8.55. The number of hydrogen-bond donors (Lipinski definition) is 1. The molecule has 2 nitrogen and oxygen atoms in total. The Morgan fingerprint density at radius 2 is 2.22 bits per heavy atom. The van der Waals surface area contributed by atoms with Crippen molar-refractivity contribution in [1.29, 1.82) is 0 Å². The van der Waals surface area contributed by atoms with Gasteiger partial charge in [-0.15, -0.1) is 11.3 Å². The maximum Gasteiger partial charge on any atom is 0.00684 e. The Morgan fingerprint density at radius 3 is 2.83 bits per heavy atom. The van der Waals surface area contributed by atoms with E-state index in [9.17, 15) is 0 Å². The SMILES string of the molecule is CN(CCc1cccs1)CC(C)(C)CNC1CC1. The highest BCUT2D eigenvalue weighted by atomic mass is 32.1. The van der Waals surface area contributed by atoms with Crippen LogP contribution in [0.2, 0.25) is 0 Å². The molecule has 1 saturated carbocycles. The van der Waals surface area contributed by atoms with Crippen molar-refractivity contribution in [3.63, 3.8) is 0 Å². The Bertz CT molecular complexity index is 341. The molecule has 1 N–H and O–H groups in total. The van der Waals surface area contributed by atoms with E-state index in [2.05, 4.69) is 48.6 Å². The molecule has 18 heavy (non-hydrogen) atoms. The van der Waals surface area contributed by atoms with Crippen LogP contribution < -0.4 is 5.32 Å². The highest BCUT2D eigenvalue weighted by molar-refractivity contribution is 7.09. The van der Waals surface area contributed by atoms with E-state index in [4.69, 9.17) is 0 Å². The van der Waals surface area contributed by atoms with Crippen molar-refractivity contribution in [1.82, 2.24) is 10.2 Å². The van der Waals surface area contributed by atoms with E-state index in [1.807, 2.05) is 11.3 Å². The first-order valence-corrected chi connectivity index (χ1v) is 7.87. The summed E-state index contributed by atoms with van der Waals surface area (Å²) < 4.78 is 0. The van der Waals surface area contributed by atoms with Crippen LogP contribution in [0.15, 0.2) is 17.5 Å². The third-order valence-electron chi connectivity index (χ3n) is 3.46. The lowest BCUT2D eigenvalue weighted by atomic mass is 9.92. The van der Waals surface area contributed by atoms with Gasteiger partial charge in [-0.05, 0) is 43.2 Å². The number of rotatable bonds is 8. The maximum absolute atomic E-state index is 3.65. The van der Waals surface area contributed by atoms with Crippen molar-refractivity contribution in [3.8, 4) is 0 Å². The van der Waals surface area contributed by atoms with Crippen LogP contribution in [0.5, 0.6) is 0 Å². The van der Waals surface area contributed by atoms with Gasteiger partial charge in [-0.1, -0.05) is 19.9 Å². The molecule has 0 atom stereocenters. The van der Waals surface area contributed by atoms with E-state index in [0.29, 0.717) is 5.41 Å². The molecule has 102 valence electrons. The number of nitrogens with zero attached hydrogens (tertiary/aromatic N) is 1. The molecule has 1 aromatic rings. The van der Waals surface area contributed by atoms with Crippen LogP contribution in [-0.4, -0.2) is 37.6 Å². The molecule has 0 unspecified atom stereocenters. The monoisotopic (exact) mass is 266 g/mol. The van der Waals surface area contributed by atoms with Gasteiger partial charge >= 0.3 is 0 Å². The third-order valence-corrected chi connectivity index (χ3v) is 4.40. The van der Waals surface area contributed by atoms with Crippen molar-refractivity contribution >= 4 is 11.3 Å². The average Bonchev–Trinajstić information content (AvgIpc) is 2.99. The minimum absolute atomic E-state index is 0.368. The molecule has 2 rings (SSSR count). The van der Waals surface area contributed by atoms with E-state index in [1.165, 1.54) is 24.1 Å². The van der Waals surface area contributed by atoms with Crippen LogP contribution in [0.1, 0.15) is 31.6 Å². The number of likely N-dealkylation sites (N-methyl/N-ethyl adjacent to an activating group) is 1. The summed E-state index contributed by atoms with van der Waals surface area (Å²) in [5.74, 6) is 0. The Kier molecular flexibility index (Phi) is 4.82. The lowest BCUT2D eigenvalue weighted by Gasteiger charge is -2.30. The largest absolute Gasteiger partial charge is 0.313 e. The maximum atomic E-state index is 3.65. The third kappa shape index (κ3) is 5.09. The molecular weight excluding hydrogens is 240 g/mol. The Balaban J connectivity index is 1.66. The smallest absolute Gasteiger partial charge is 0.00684 e. The van der Waals surface area contributed by atoms with Crippen LogP contribution >= 0.6 is 11.3 Å². The summed E-state index contributed by atoms with van der Waals surface area (Å²) in [4.78, 5) is 3.96. The van der Waals surface area contributed by atoms with Crippen LogP contribution in [0.4, 0.5) is 0 Å². The van der Waals surface area contributed by atoms with Gasteiger partial charge in [0, 0.05) is 30.6 Å². The second kappa shape index (κ2) is 6.18. The fraction of sp³-hybridized carbons (Fsp3) is 0.733. The molecule has 1 fully saturated rings. The summed E-state index contributed by atoms with van der Waals surface area (Å²) in [6.07, 6.45) is 3.94. The molecule has 0 radical (unpaired) electrons. The van der Waals surface area contributed by atoms with Crippen molar-refractivity contribution in [2.24, 2.45) is 5.41 Å². The molecule has 1 aromatic heterocycles. The summed E-state index contributed by atoms with van der Waals surface area (Å²) >= 11 is 1.87. The zero-order valence-electron chi connectivity index (χ0n) is 11.9. The van der Waals surface area contributed by atoms with Gasteiger partial charge in [-0.3, -0.25) is 0 Å². The highest BCUT2D eigenvalue weighted by Crippen LogP contribution is 2.22. The molecule has 0 aromatic carbocycles. The molecule has 0 aliphatic heterocycles. The molecule has 1 aliphatic carbocycles.